The molecule has 3 rings (SSSR count). The van der Waals surface area contributed by atoms with Gasteiger partial charge < -0.3 is 5.32 Å². The maximum atomic E-state index is 12.5. The molecule has 5 heteroatoms. The largest absolute Gasteiger partial charge is 0.301 e. The number of fused-ring (bicyclic) bond motifs is 1. The van der Waals surface area contributed by atoms with Crippen molar-refractivity contribution in [3.05, 3.63) is 23.8 Å². The fourth-order valence-corrected chi connectivity index (χ4v) is 3.84. The highest BCUT2D eigenvalue weighted by atomic mass is 32.1. The molecular weight excluding hydrogens is 294 g/mol. The van der Waals surface area contributed by atoms with Gasteiger partial charge in [0.05, 0.1) is 22.8 Å². The molecule has 0 radical (unpaired) electrons. The maximum Gasteiger partial charge on any atom is 0.243 e. The molecule has 1 N–H and O–H groups in total. The Kier molecular flexibility index (Phi) is 4.41. The van der Waals surface area contributed by atoms with Gasteiger partial charge in [-0.15, -0.1) is 6.42 Å². The lowest BCUT2D eigenvalue weighted by atomic mass is 10.0. The minimum Gasteiger partial charge on any atom is -0.301 e. The zero-order chi connectivity index (χ0) is 15.5. The molecule has 0 bridgehead atoms. The molecule has 1 unspecified atom stereocenters. The number of likely N-dealkylation sites (tertiary alicyclic amines) is 1. The first-order valence-electron chi connectivity index (χ1n) is 7.53. The Bertz CT molecular complexity index is 731. The number of terminal acetylenes is 1. The fourth-order valence-electron chi connectivity index (χ4n) is 2.87. The Morgan fingerprint density at radius 1 is 1.55 bits per heavy atom. The first kappa shape index (κ1) is 15.0. The van der Waals surface area contributed by atoms with Crippen LogP contribution >= 0.6 is 11.3 Å². The number of amides is 1. The third-order valence-electron chi connectivity index (χ3n) is 3.98. The maximum absolute atomic E-state index is 12.5. The van der Waals surface area contributed by atoms with Crippen molar-refractivity contribution in [2.45, 2.75) is 32.2 Å². The standard InChI is InChI=1S/C17H19N3OS/c1-3-9-20-10-5-4-6-14(20)16(21)19-17-18-13-8-7-12(2)11-15(13)22-17/h1,7-8,11,14H,4-6,9-10H2,2H3,(H,18,19,21). The van der Waals surface area contributed by atoms with E-state index in [9.17, 15) is 4.79 Å². The lowest BCUT2D eigenvalue weighted by Crippen LogP contribution is -2.47. The van der Waals surface area contributed by atoms with Crippen molar-refractivity contribution in [3.8, 4) is 12.3 Å². The average Bonchev–Trinajstić information content (AvgIpc) is 2.89. The molecule has 22 heavy (non-hydrogen) atoms. The highest BCUT2D eigenvalue weighted by Gasteiger charge is 2.28. The molecule has 2 aromatic rings. The number of hydrogen-bond acceptors (Lipinski definition) is 4. The summed E-state index contributed by atoms with van der Waals surface area (Å²) in [5, 5.41) is 3.63. The second kappa shape index (κ2) is 6.47. The fraction of sp³-hybridized carbons (Fsp3) is 0.412. The van der Waals surface area contributed by atoms with Crippen LogP contribution in [0, 0.1) is 19.3 Å². The quantitative estimate of drug-likeness (QED) is 0.886. The molecule has 0 spiro atoms. The number of aryl methyl sites for hydroxylation is 1. The van der Waals surface area contributed by atoms with Crippen molar-refractivity contribution >= 4 is 32.6 Å². The molecule has 1 saturated heterocycles. The molecule has 0 aliphatic carbocycles. The van der Waals surface area contributed by atoms with Crippen LogP contribution < -0.4 is 5.32 Å². The van der Waals surface area contributed by atoms with Crippen LogP contribution in [-0.2, 0) is 4.79 Å². The summed E-state index contributed by atoms with van der Waals surface area (Å²) in [5.74, 6) is 2.65. The van der Waals surface area contributed by atoms with Crippen molar-refractivity contribution in [2.24, 2.45) is 0 Å². The number of benzene rings is 1. The number of piperidine rings is 1. The van der Waals surface area contributed by atoms with Crippen LogP contribution in [0.3, 0.4) is 0 Å². The summed E-state index contributed by atoms with van der Waals surface area (Å²) in [5.41, 5.74) is 2.12. The van der Waals surface area contributed by atoms with Gasteiger partial charge in [-0.05, 0) is 44.0 Å². The van der Waals surface area contributed by atoms with Crippen molar-refractivity contribution in [1.82, 2.24) is 9.88 Å². The van der Waals surface area contributed by atoms with Gasteiger partial charge in [-0.1, -0.05) is 29.7 Å². The molecule has 1 aliphatic heterocycles. The Labute approximate surface area is 134 Å². The average molecular weight is 313 g/mol. The van der Waals surface area contributed by atoms with E-state index in [1.807, 2.05) is 12.1 Å². The summed E-state index contributed by atoms with van der Waals surface area (Å²) >= 11 is 1.52. The van der Waals surface area contributed by atoms with E-state index in [0.29, 0.717) is 11.7 Å². The molecular formula is C17H19N3OS. The summed E-state index contributed by atoms with van der Waals surface area (Å²) in [4.78, 5) is 19.1. The molecule has 1 aliphatic rings. The van der Waals surface area contributed by atoms with Gasteiger partial charge in [0.25, 0.3) is 0 Å². The molecule has 2 heterocycles. The number of rotatable bonds is 3. The number of nitrogens with one attached hydrogen (secondary N) is 1. The lowest BCUT2D eigenvalue weighted by molar-refractivity contribution is -0.122. The van der Waals surface area contributed by atoms with E-state index < -0.39 is 0 Å². The molecule has 1 fully saturated rings. The minimum absolute atomic E-state index is 0.00530. The number of anilines is 1. The van der Waals surface area contributed by atoms with E-state index in [2.05, 4.69) is 34.1 Å². The number of carbonyl (C=O) groups excluding carboxylic acids is 1. The van der Waals surface area contributed by atoms with Crippen LogP contribution in [0.4, 0.5) is 5.13 Å². The Morgan fingerprint density at radius 3 is 3.23 bits per heavy atom. The first-order valence-corrected chi connectivity index (χ1v) is 8.34. The second-order valence-corrected chi connectivity index (χ2v) is 6.70. The van der Waals surface area contributed by atoms with E-state index in [4.69, 9.17) is 6.42 Å². The zero-order valence-electron chi connectivity index (χ0n) is 12.6. The van der Waals surface area contributed by atoms with Crippen LogP contribution in [0.5, 0.6) is 0 Å². The van der Waals surface area contributed by atoms with Gasteiger partial charge in [0.2, 0.25) is 5.91 Å². The highest BCUT2D eigenvalue weighted by Crippen LogP contribution is 2.27. The van der Waals surface area contributed by atoms with E-state index in [0.717, 1.165) is 36.0 Å². The van der Waals surface area contributed by atoms with Crippen molar-refractivity contribution in [2.75, 3.05) is 18.4 Å². The molecule has 1 aromatic carbocycles. The van der Waals surface area contributed by atoms with Gasteiger partial charge in [-0.3, -0.25) is 9.69 Å². The summed E-state index contributed by atoms with van der Waals surface area (Å²) in [7, 11) is 0. The second-order valence-electron chi connectivity index (χ2n) is 5.67. The molecule has 114 valence electrons. The number of hydrogen-bond donors (Lipinski definition) is 1. The van der Waals surface area contributed by atoms with Crippen LogP contribution in [0.25, 0.3) is 10.2 Å². The summed E-state index contributed by atoms with van der Waals surface area (Å²) in [6, 6.07) is 5.97. The predicted octanol–water partition coefficient (Wildman–Crippen LogP) is 3.03. The molecule has 1 amide bonds. The van der Waals surface area contributed by atoms with Crippen LogP contribution in [0.15, 0.2) is 18.2 Å². The summed E-state index contributed by atoms with van der Waals surface area (Å²) in [6.45, 7) is 3.47. The number of aromatic nitrogens is 1. The van der Waals surface area contributed by atoms with E-state index >= 15 is 0 Å². The Balaban J connectivity index is 1.75. The Morgan fingerprint density at radius 2 is 2.41 bits per heavy atom. The smallest absolute Gasteiger partial charge is 0.243 e. The molecule has 1 aromatic heterocycles. The molecule has 0 saturated carbocycles. The van der Waals surface area contributed by atoms with E-state index in [-0.39, 0.29) is 11.9 Å². The third-order valence-corrected chi connectivity index (χ3v) is 4.92. The van der Waals surface area contributed by atoms with Crippen molar-refractivity contribution < 1.29 is 4.79 Å². The van der Waals surface area contributed by atoms with Gasteiger partial charge in [0.15, 0.2) is 5.13 Å². The van der Waals surface area contributed by atoms with Gasteiger partial charge in [0, 0.05) is 0 Å². The van der Waals surface area contributed by atoms with Gasteiger partial charge in [-0.25, -0.2) is 4.98 Å². The predicted molar refractivity (Wildman–Crippen MR) is 91.0 cm³/mol. The SMILES string of the molecule is C#CCN1CCCCC1C(=O)Nc1nc2ccc(C)cc2s1. The van der Waals surface area contributed by atoms with Crippen molar-refractivity contribution in [3.63, 3.8) is 0 Å². The third kappa shape index (κ3) is 3.13. The van der Waals surface area contributed by atoms with Crippen molar-refractivity contribution in [1.29, 1.82) is 0 Å². The van der Waals surface area contributed by atoms with E-state index in [1.54, 1.807) is 0 Å². The first-order chi connectivity index (χ1) is 10.7. The van der Waals surface area contributed by atoms with Gasteiger partial charge >= 0.3 is 0 Å². The lowest BCUT2D eigenvalue weighted by Gasteiger charge is -2.32. The molecule has 1 atom stereocenters. The molecule has 4 nitrogen and oxygen atoms in total. The highest BCUT2D eigenvalue weighted by molar-refractivity contribution is 7.22. The zero-order valence-corrected chi connectivity index (χ0v) is 13.4. The summed E-state index contributed by atoms with van der Waals surface area (Å²) in [6.07, 6.45) is 8.44. The minimum atomic E-state index is -0.140. The number of carbonyl (C=O) groups is 1. The normalized spacial score (nSPS) is 19.0. The van der Waals surface area contributed by atoms with E-state index in [1.165, 1.54) is 16.9 Å². The van der Waals surface area contributed by atoms with Gasteiger partial charge in [0.1, 0.15) is 0 Å². The van der Waals surface area contributed by atoms with Crippen LogP contribution in [0.1, 0.15) is 24.8 Å². The number of nitrogens with zero attached hydrogens (tertiary/aromatic N) is 2. The van der Waals surface area contributed by atoms with Gasteiger partial charge in [-0.2, -0.15) is 0 Å². The summed E-state index contributed by atoms with van der Waals surface area (Å²) < 4.78 is 1.10. The number of thiazole rings is 1. The van der Waals surface area contributed by atoms with Crippen LogP contribution in [0.2, 0.25) is 0 Å². The Hall–Kier alpha value is -1.90. The monoisotopic (exact) mass is 313 g/mol. The topological polar surface area (TPSA) is 45.2 Å². The van der Waals surface area contributed by atoms with Crippen LogP contribution in [-0.4, -0.2) is 34.9 Å².